The average Bonchev–Trinajstić information content (AvgIpc) is 3.44. The van der Waals surface area contributed by atoms with Crippen LogP contribution in [-0.2, 0) is 4.74 Å². The highest BCUT2D eigenvalue weighted by molar-refractivity contribution is 5.90. The molecular formula is C26H26N8O2. The van der Waals surface area contributed by atoms with Gasteiger partial charge in [-0.25, -0.2) is 19.5 Å². The third kappa shape index (κ3) is 3.91. The lowest BCUT2D eigenvalue weighted by atomic mass is 10.0. The van der Waals surface area contributed by atoms with E-state index in [2.05, 4.69) is 56.2 Å². The molecule has 10 nitrogen and oxygen atoms in total. The van der Waals surface area contributed by atoms with Gasteiger partial charge < -0.3 is 25.4 Å². The number of rotatable bonds is 5. The van der Waals surface area contributed by atoms with Crippen molar-refractivity contribution < 1.29 is 9.47 Å². The van der Waals surface area contributed by atoms with Gasteiger partial charge in [0, 0.05) is 29.0 Å². The molecule has 4 heterocycles. The Morgan fingerprint density at radius 2 is 1.94 bits per heavy atom. The predicted octanol–water partition coefficient (Wildman–Crippen LogP) is 4.37. The van der Waals surface area contributed by atoms with E-state index in [1.54, 1.807) is 4.52 Å². The molecule has 3 N–H and O–H groups in total. The van der Waals surface area contributed by atoms with Crippen molar-refractivity contribution in [3.05, 3.63) is 72.9 Å². The van der Waals surface area contributed by atoms with Crippen molar-refractivity contribution in [1.82, 2.24) is 24.6 Å². The van der Waals surface area contributed by atoms with Crippen molar-refractivity contribution in [2.24, 2.45) is 0 Å². The standard InChI is InChI=1S/C26H26N8O2/c1-16-10-18(5-7-22(16)36-19-8-9-33-23(12-19)29-15-31-33)34-25(35-13-26(34,2)3)32-17-4-6-21-20(11-17)24(27)30-14-28-21/h4-12,14-15,25,32H,13H2,1-3H3,(H2,27,28,30). The predicted molar refractivity (Wildman–Crippen MR) is 138 cm³/mol. The number of ether oxygens (including phenoxy) is 2. The zero-order chi connectivity index (χ0) is 24.9. The number of benzene rings is 2. The Labute approximate surface area is 207 Å². The molecule has 1 aliphatic rings. The fraction of sp³-hybridized carbons (Fsp3) is 0.231. The quantitative estimate of drug-likeness (QED) is 0.377. The molecule has 0 spiro atoms. The molecule has 0 radical (unpaired) electrons. The van der Waals surface area contributed by atoms with Gasteiger partial charge in [-0.2, -0.15) is 5.10 Å². The number of fused-ring (bicyclic) bond motifs is 2. The van der Waals surface area contributed by atoms with Crippen LogP contribution in [0.4, 0.5) is 17.2 Å². The highest BCUT2D eigenvalue weighted by atomic mass is 16.5. The molecule has 1 fully saturated rings. The maximum Gasteiger partial charge on any atom is 0.208 e. The van der Waals surface area contributed by atoms with Crippen LogP contribution in [0, 0.1) is 6.92 Å². The summed E-state index contributed by atoms with van der Waals surface area (Å²) in [7, 11) is 0. The van der Waals surface area contributed by atoms with E-state index in [1.165, 1.54) is 12.7 Å². The van der Waals surface area contributed by atoms with Crippen molar-refractivity contribution in [2.75, 3.05) is 22.6 Å². The van der Waals surface area contributed by atoms with Crippen LogP contribution in [0.15, 0.2) is 67.4 Å². The molecule has 1 aliphatic heterocycles. The largest absolute Gasteiger partial charge is 0.457 e. The fourth-order valence-electron chi connectivity index (χ4n) is 4.53. The first-order valence-corrected chi connectivity index (χ1v) is 11.6. The summed E-state index contributed by atoms with van der Waals surface area (Å²) in [6, 6.07) is 15.7. The molecule has 10 heteroatoms. The number of pyridine rings is 1. The maximum absolute atomic E-state index is 6.19. The second kappa shape index (κ2) is 8.35. The summed E-state index contributed by atoms with van der Waals surface area (Å²) in [5.41, 5.74) is 10.3. The van der Waals surface area contributed by atoms with E-state index >= 15 is 0 Å². The lowest BCUT2D eigenvalue weighted by Gasteiger charge is -2.36. The number of anilines is 3. The molecule has 5 aromatic rings. The molecule has 0 amide bonds. The Kier molecular flexibility index (Phi) is 5.11. The van der Waals surface area contributed by atoms with Crippen molar-refractivity contribution in [2.45, 2.75) is 32.7 Å². The van der Waals surface area contributed by atoms with Gasteiger partial charge in [0.05, 0.1) is 17.7 Å². The van der Waals surface area contributed by atoms with E-state index < -0.39 is 0 Å². The topological polar surface area (TPSA) is 116 Å². The summed E-state index contributed by atoms with van der Waals surface area (Å²) in [4.78, 5) is 14.8. The fourth-order valence-corrected chi connectivity index (χ4v) is 4.53. The van der Waals surface area contributed by atoms with Gasteiger partial charge in [-0.3, -0.25) is 0 Å². The Morgan fingerprint density at radius 1 is 1.06 bits per heavy atom. The Bertz CT molecular complexity index is 1580. The molecule has 2 aromatic carbocycles. The Balaban J connectivity index is 1.27. The van der Waals surface area contributed by atoms with E-state index in [1.807, 2.05) is 49.5 Å². The van der Waals surface area contributed by atoms with Crippen LogP contribution in [0.5, 0.6) is 11.5 Å². The van der Waals surface area contributed by atoms with E-state index in [-0.39, 0.29) is 11.9 Å². The van der Waals surface area contributed by atoms with E-state index in [9.17, 15) is 0 Å². The normalized spacial score (nSPS) is 17.1. The lowest BCUT2D eigenvalue weighted by Crippen LogP contribution is -2.47. The van der Waals surface area contributed by atoms with Gasteiger partial charge in [0.15, 0.2) is 5.65 Å². The molecule has 0 aliphatic carbocycles. The number of nitrogens with two attached hydrogens (primary N) is 1. The zero-order valence-electron chi connectivity index (χ0n) is 20.2. The summed E-state index contributed by atoms with van der Waals surface area (Å²) in [6.07, 6.45) is 4.45. The van der Waals surface area contributed by atoms with E-state index in [0.29, 0.717) is 18.2 Å². The monoisotopic (exact) mass is 482 g/mol. The maximum atomic E-state index is 6.19. The summed E-state index contributed by atoms with van der Waals surface area (Å²) in [6.45, 7) is 6.93. The SMILES string of the molecule is Cc1cc(N2C(Nc3ccc4ncnc(N)c4c3)OCC2(C)C)ccc1Oc1ccn2ncnc2c1. The van der Waals surface area contributed by atoms with Gasteiger partial charge in [-0.15, -0.1) is 0 Å². The van der Waals surface area contributed by atoms with Gasteiger partial charge in [0.1, 0.15) is 30.0 Å². The van der Waals surface area contributed by atoms with Crippen molar-refractivity contribution in [3.8, 4) is 11.5 Å². The van der Waals surface area contributed by atoms with Crippen molar-refractivity contribution in [3.63, 3.8) is 0 Å². The molecule has 36 heavy (non-hydrogen) atoms. The summed E-state index contributed by atoms with van der Waals surface area (Å²) < 4.78 is 14.0. The molecule has 182 valence electrons. The summed E-state index contributed by atoms with van der Waals surface area (Å²) in [5, 5.41) is 8.42. The third-order valence-corrected chi connectivity index (χ3v) is 6.35. The molecule has 1 unspecified atom stereocenters. The molecule has 6 rings (SSSR count). The zero-order valence-corrected chi connectivity index (χ0v) is 20.2. The number of hydrogen-bond donors (Lipinski definition) is 2. The van der Waals surface area contributed by atoms with Gasteiger partial charge >= 0.3 is 0 Å². The van der Waals surface area contributed by atoms with Crippen LogP contribution in [0.3, 0.4) is 0 Å². The number of nitrogens with one attached hydrogen (secondary N) is 1. The van der Waals surface area contributed by atoms with Gasteiger partial charge in [-0.1, -0.05) is 0 Å². The first-order chi connectivity index (χ1) is 17.4. The smallest absolute Gasteiger partial charge is 0.208 e. The molecule has 3 aromatic heterocycles. The second-order valence-electron chi connectivity index (χ2n) is 9.46. The minimum atomic E-state index is -0.371. The second-order valence-corrected chi connectivity index (χ2v) is 9.46. The highest BCUT2D eigenvalue weighted by Crippen LogP contribution is 2.37. The van der Waals surface area contributed by atoms with Crippen molar-refractivity contribution >= 4 is 33.7 Å². The number of aromatic nitrogens is 5. The number of aryl methyl sites for hydroxylation is 1. The van der Waals surface area contributed by atoms with Crippen LogP contribution in [0.2, 0.25) is 0 Å². The van der Waals surface area contributed by atoms with Gasteiger partial charge in [0.2, 0.25) is 6.35 Å². The molecule has 1 atom stereocenters. The number of nitrogens with zero attached hydrogens (tertiary/aromatic N) is 6. The van der Waals surface area contributed by atoms with Gasteiger partial charge in [0.25, 0.3) is 0 Å². The first kappa shape index (κ1) is 22.1. The minimum Gasteiger partial charge on any atom is -0.457 e. The van der Waals surface area contributed by atoms with Gasteiger partial charge in [-0.05, 0) is 68.8 Å². The van der Waals surface area contributed by atoms with Crippen LogP contribution in [0.1, 0.15) is 19.4 Å². The number of hydrogen-bond acceptors (Lipinski definition) is 9. The molecule has 1 saturated heterocycles. The lowest BCUT2D eigenvalue weighted by molar-refractivity contribution is 0.125. The van der Waals surface area contributed by atoms with Crippen LogP contribution in [-0.4, -0.2) is 43.1 Å². The van der Waals surface area contributed by atoms with E-state index in [0.717, 1.165) is 39.2 Å². The average molecular weight is 483 g/mol. The highest BCUT2D eigenvalue weighted by Gasteiger charge is 2.41. The molecule has 0 saturated carbocycles. The third-order valence-electron chi connectivity index (χ3n) is 6.35. The first-order valence-electron chi connectivity index (χ1n) is 11.6. The summed E-state index contributed by atoms with van der Waals surface area (Å²) >= 11 is 0. The van der Waals surface area contributed by atoms with Crippen molar-refractivity contribution in [1.29, 1.82) is 0 Å². The van der Waals surface area contributed by atoms with Crippen LogP contribution < -0.4 is 20.7 Å². The Hall–Kier alpha value is -4.44. The minimum absolute atomic E-state index is 0.232. The summed E-state index contributed by atoms with van der Waals surface area (Å²) in [5.74, 6) is 1.92. The molecular weight excluding hydrogens is 456 g/mol. The Morgan fingerprint density at radius 3 is 2.81 bits per heavy atom. The molecule has 0 bridgehead atoms. The number of nitrogen functional groups attached to an aromatic ring is 1. The van der Waals surface area contributed by atoms with Crippen LogP contribution >= 0.6 is 0 Å². The van der Waals surface area contributed by atoms with Crippen LogP contribution in [0.25, 0.3) is 16.6 Å². The van der Waals surface area contributed by atoms with E-state index in [4.69, 9.17) is 15.2 Å².